The molecule has 6 nitrogen and oxygen atoms in total. The van der Waals surface area contributed by atoms with E-state index in [0.29, 0.717) is 23.8 Å². The summed E-state index contributed by atoms with van der Waals surface area (Å²) in [5, 5.41) is 17.1. The van der Waals surface area contributed by atoms with Crippen LogP contribution in [0.2, 0.25) is 5.02 Å². The molecular weight excluding hydrogens is 407 g/mol. The highest BCUT2D eigenvalue weighted by molar-refractivity contribution is 6.30. The van der Waals surface area contributed by atoms with Gasteiger partial charge in [0, 0.05) is 29.9 Å². The molecule has 0 aliphatic carbocycles. The molecule has 2 aromatic carbocycles. The lowest BCUT2D eigenvalue weighted by Crippen LogP contribution is -2.10. The molecule has 2 N–H and O–H groups in total. The number of benzene rings is 2. The zero-order chi connectivity index (χ0) is 21.1. The Morgan fingerprint density at radius 2 is 1.97 bits per heavy atom. The molecule has 152 valence electrons. The van der Waals surface area contributed by atoms with Gasteiger partial charge in [-0.25, -0.2) is 9.37 Å². The van der Waals surface area contributed by atoms with Crippen molar-refractivity contribution in [2.24, 2.45) is 0 Å². The molecule has 4 aromatic rings. The van der Waals surface area contributed by atoms with E-state index < -0.39 is 11.2 Å². The molecule has 2 heterocycles. The Bertz CT molecular complexity index is 1220. The van der Waals surface area contributed by atoms with Crippen LogP contribution in [-0.4, -0.2) is 24.9 Å². The van der Waals surface area contributed by atoms with E-state index in [-0.39, 0.29) is 17.4 Å². The van der Waals surface area contributed by atoms with E-state index in [9.17, 15) is 14.3 Å². The number of aryl methyl sites for hydroxylation is 1. The van der Waals surface area contributed by atoms with Crippen molar-refractivity contribution in [1.82, 2.24) is 19.7 Å². The van der Waals surface area contributed by atoms with Crippen LogP contribution in [0.25, 0.3) is 11.5 Å². The van der Waals surface area contributed by atoms with Crippen molar-refractivity contribution in [1.29, 1.82) is 0 Å². The summed E-state index contributed by atoms with van der Waals surface area (Å²) in [5.74, 6) is -0.360. The van der Waals surface area contributed by atoms with Crippen LogP contribution >= 0.6 is 11.6 Å². The smallest absolute Gasteiger partial charge is 0.242 e. The lowest BCUT2D eigenvalue weighted by molar-refractivity contribution is 0.466. The number of nitrogens with one attached hydrogen (secondary N) is 1. The van der Waals surface area contributed by atoms with E-state index in [1.54, 1.807) is 24.5 Å². The Hall–Kier alpha value is -3.45. The number of aromatic amines is 1. The largest absolute Gasteiger partial charge is 0.503 e. The van der Waals surface area contributed by atoms with E-state index >= 15 is 0 Å². The summed E-state index contributed by atoms with van der Waals surface area (Å²) in [7, 11) is 0. The van der Waals surface area contributed by atoms with E-state index in [0.717, 1.165) is 17.3 Å². The molecule has 0 bridgehead atoms. The predicted octanol–water partition coefficient (Wildman–Crippen LogP) is 4.35. The molecule has 0 aliphatic heterocycles. The second kappa shape index (κ2) is 8.51. The van der Waals surface area contributed by atoms with Gasteiger partial charge in [0.1, 0.15) is 11.5 Å². The Balaban J connectivity index is 1.66. The van der Waals surface area contributed by atoms with Gasteiger partial charge >= 0.3 is 0 Å². The number of aromatic hydroxyl groups is 1. The van der Waals surface area contributed by atoms with Crippen LogP contribution in [-0.2, 0) is 6.54 Å². The number of rotatable bonds is 6. The number of nitrogens with zero attached hydrogens (tertiary/aromatic N) is 3. The molecule has 2 aromatic heterocycles. The van der Waals surface area contributed by atoms with Crippen LogP contribution in [0.3, 0.4) is 0 Å². The Morgan fingerprint density at radius 1 is 1.17 bits per heavy atom. The molecule has 0 radical (unpaired) electrons. The maximum absolute atomic E-state index is 13.4. The summed E-state index contributed by atoms with van der Waals surface area (Å²) >= 11 is 6.20. The zero-order valence-electron chi connectivity index (χ0n) is 15.8. The Kier molecular flexibility index (Phi) is 5.63. The lowest BCUT2D eigenvalue weighted by Gasteiger charge is -2.19. The molecule has 0 spiro atoms. The first-order valence-electron chi connectivity index (χ1n) is 9.32. The van der Waals surface area contributed by atoms with Crippen molar-refractivity contribution < 1.29 is 9.50 Å². The maximum atomic E-state index is 13.4. The first-order valence-corrected chi connectivity index (χ1v) is 9.70. The standard InChI is InChI=1S/C22H18ClFN4O2/c23-16-3-1-2-15(12-16)18(14-4-6-17(24)7-5-14)8-10-28-11-9-25-22(28)20-21(30)19(29)13-26-27-20/h1-7,9,11-13,18H,8,10H2,(H,26,30)(H,27,29). The van der Waals surface area contributed by atoms with Crippen molar-refractivity contribution in [3.63, 3.8) is 0 Å². The molecule has 8 heteroatoms. The fourth-order valence-electron chi connectivity index (χ4n) is 3.48. The van der Waals surface area contributed by atoms with Gasteiger partial charge in [0.05, 0.1) is 6.20 Å². The van der Waals surface area contributed by atoms with Crippen LogP contribution in [0, 0.1) is 5.82 Å². The highest BCUT2D eigenvalue weighted by atomic mass is 35.5. The third-order valence-corrected chi connectivity index (χ3v) is 5.18. The molecule has 30 heavy (non-hydrogen) atoms. The van der Waals surface area contributed by atoms with Crippen molar-refractivity contribution >= 4 is 11.6 Å². The van der Waals surface area contributed by atoms with Crippen molar-refractivity contribution in [2.75, 3.05) is 0 Å². The number of aromatic nitrogens is 4. The predicted molar refractivity (Wildman–Crippen MR) is 112 cm³/mol. The monoisotopic (exact) mass is 424 g/mol. The van der Waals surface area contributed by atoms with E-state index in [4.69, 9.17) is 11.6 Å². The van der Waals surface area contributed by atoms with Gasteiger partial charge in [-0.2, -0.15) is 5.10 Å². The summed E-state index contributed by atoms with van der Waals surface area (Å²) < 4.78 is 15.3. The van der Waals surface area contributed by atoms with Gasteiger partial charge in [-0.3, -0.25) is 9.89 Å². The number of halogens is 2. The first-order chi connectivity index (χ1) is 14.5. The van der Waals surface area contributed by atoms with Crippen molar-refractivity contribution in [2.45, 2.75) is 18.9 Å². The molecule has 0 saturated heterocycles. The second-order valence-electron chi connectivity index (χ2n) is 6.85. The van der Waals surface area contributed by atoms with Gasteiger partial charge in [-0.15, -0.1) is 0 Å². The van der Waals surface area contributed by atoms with E-state index in [1.807, 2.05) is 28.8 Å². The van der Waals surface area contributed by atoms with Gasteiger partial charge in [0.25, 0.3) is 0 Å². The maximum Gasteiger partial charge on any atom is 0.242 e. The molecule has 0 aliphatic rings. The van der Waals surface area contributed by atoms with Gasteiger partial charge < -0.3 is 9.67 Å². The Labute approximate surface area is 176 Å². The summed E-state index contributed by atoms with van der Waals surface area (Å²) in [4.78, 5) is 16.0. The van der Waals surface area contributed by atoms with Crippen LogP contribution in [0.4, 0.5) is 4.39 Å². The number of hydrogen-bond donors (Lipinski definition) is 2. The third-order valence-electron chi connectivity index (χ3n) is 4.95. The molecule has 4 rings (SSSR count). The van der Waals surface area contributed by atoms with Crippen LogP contribution in [0.1, 0.15) is 23.5 Å². The zero-order valence-corrected chi connectivity index (χ0v) is 16.6. The van der Waals surface area contributed by atoms with Crippen molar-refractivity contribution in [3.8, 4) is 17.3 Å². The molecule has 1 atom stereocenters. The quantitative estimate of drug-likeness (QED) is 0.482. The molecule has 1 unspecified atom stereocenters. The second-order valence-corrected chi connectivity index (χ2v) is 7.29. The van der Waals surface area contributed by atoms with Gasteiger partial charge in [-0.1, -0.05) is 35.9 Å². The number of hydrogen-bond acceptors (Lipinski definition) is 4. The molecular formula is C22H18ClFN4O2. The highest BCUT2D eigenvalue weighted by Gasteiger charge is 2.18. The van der Waals surface area contributed by atoms with Crippen LogP contribution in [0.15, 0.2) is 71.9 Å². The fraction of sp³-hybridized carbons (Fsp3) is 0.136. The molecule has 0 fully saturated rings. The Morgan fingerprint density at radius 3 is 2.73 bits per heavy atom. The third kappa shape index (κ3) is 4.11. The fourth-order valence-corrected chi connectivity index (χ4v) is 3.68. The van der Waals surface area contributed by atoms with Gasteiger partial charge in [-0.05, 0) is 41.8 Å². The SMILES string of the molecule is O=c1cn[nH]c(-c2nccn2CCC(c2ccc(F)cc2)c2cccc(Cl)c2)c1O. The normalized spacial score (nSPS) is 12.1. The minimum absolute atomic E-state index is 0.0407. The summed E-state index contributed by atoms with van der Waals surface area (Å²) in [6.45, 7) is 0.528. The highest BCUT2D eigenvalue weighted by Crippen LogP contribution is 2.31. The van der Waals surface area contributed by atoms with Crippen LogP contribution < -0.4 is 5.43 Å². The average molecular weight is 425 g/mol. The van der Waals surface area contributed by atoms with Gasteiger partial charge in [0.15, 0.2) is 11.6 Å². The average Bonchev–Trinajstić information content (AvgIpc) is 3.20. The number of H-pyrrole nitrogens is 1. The lowest BCUT2D eigenvalue weighted by atomic mass is 9.88. The minimum atomic E-state index is -0.582. The van der Waals surface area contributed by atoms with E-state index in [1.165, 1.54) is 12.1 Å². The summed E-state index contributed by atoms with van der Waals surface area (Å²) in [5.41, 5.74) is 1.54. The summed E-state index contributed by atoms with van der Waals surface area (Å²) in [6, 6.07) is 14.0. The van der Waals surface area contributed by atoms with Gasteiger partial charge in [0.2, 0.25) is 5.43 Å². The number of imidazole rings is 1. The molecule has 0 saturated carbocycles. The topological polar surface area (TPSA) is 83.8 Å². The molecule has 0 amide bonds. The van der Waals surface area contributed by atoms with E-state index in [2.05, 4.69) is 15.2 Å². The minimum Gasteiger partial charge on any atom is -0.503 e. The van der Waals surface area contributed by atoms with Crippen LogP contribution in [0.5, 0.6) is 5.75 Å². The first kappa shape index (κ1) is 19.8. The van der Waals surface area contributed by atoms with Crippen molar-refractivity contribution in [3.05, 3.63) is 99.3 Å². The summed E-state index contributed by atoms with van der Waals surface area (Å²) in [6.07, 6.45) is 5.02.